The monoisotopic (exact) mass is 273 g/mol. The lowest BCUT2D eigenvalue weighted by molar-refractivity contribution is 0.553. The third kappa shape index (κ3) is 3.57. The summed E-state index contributed by atoms with van der Waals surface area (Å²) < 4.78 is 5.95. The van der Waals surface area contributed by atoms with Gasteiger partial charge in [0, 0.05) is 5.56 Å². The van der Waals surface area contributed by atoms with Crippen LogP contribution in [0.5, 0.6) is 5.75 Å². The van der Waals surface area contributed by atoms with Gasteiger partial charge in [-0.15, -0.1) is 0 Å². The van der Waals surface area contributed by atoms with Crippen LogP contribution in [0.3, 0.4) is 0 Å². The van der Waals surface area contributed by atoms with Crippen molar-refractivity contribution in [1.29, 1.82) is 0 Å². The maximum Gasteiger partial charge on any atom is 0.227 e. The molecule has 0 fully saturated rings. The average molecular weight is 273 g/mol. The van der Waals surface area contributed by atoms with Crippen LogP contribution in [0.25, 0.3) is 0 Å². The zero-order valence-electron chi connectivity index (χ0n) is 11.5. The second-order valence-electron chi connectivity index (χ2n) is 4.53. The summed E-state index contributed by atoms with van der Waals surface area (Å²) in [7, 11) is 0. The minimum atomic E-state index is 0.591. The highest BCUT2D eigenvalue weighted by atomic mass is 16.5. The molecular formula is C19H15NO. The van der Waals surface area contributed by atoms with E-state index in [-0.39, 0.29) is 0 Å². The molecule has 0 atom stereocenters. The number of hydrogen-bond acceptors (Lipinski definition) is 2. The molecule has 0 amide bonds. The Balaban J connectivity index is 1.97. The smallest absolute Gasteiger partial charge is 0.227 e. The van der Waals surface area contributed by atoms with Crippen LogP contribution in [0.4, 0.5) is 5.69 Å². The molecule has 0 saturated heterocycles. The van der Waals surface area contributed by atoms with Gasteiger partial charge in [-0.05, 0) is 36.4 Å². The van der Waals surface area contributed by atoms with Crippen molar-refractivity contribution >= 4 is 11.6 Å². The number of hydrogen-bond donors (Lipinski definition) is 0. The highest BCUT2D eigenvalue weighted by molar-refractivity contribution is 5.97. The largest absolute Gasteiger partial charge is 0.438 e. The molecule has 3 aromatic rings. The first-order valence-corrected chi connectivity index (χ1v) is 6.84. The van der Waals surface area contributed by atoms with Crippen molar-refractivity contribution in [3.8, 4) is 5.75 Å². The molecule has 0 heterocycles. The van der Waals surface area contributed by atoms with Crippen molar-refractivity contribution < 1.29 is 4.74 Å². The van der Waals surface area contributed by atoms with Crippen LogP contribution in [-0.4, -0.2) is 5.90 Å². The molecule has 0 aliphatic rings. The lowest BCUT2D eigenvalue weighted by Crippen LogP contribution is -2.09. The SMILES string of the molecule is c1ccc(N=C(Oc2ccccc2)c2ccccc2)cc1. The number of para-hydroxylation sites is 2. The van der Waals surface area contributed by atoms with Crippen LogP contribution in [0.2, 0.25) is 0 Å². The molecule has 0 bridgehead atoms. The third-order valence-electron chi connectivity index (χ3n) is 2.97. The Morgan fingerprint density at radius 2 is 1.14 bits per heavy atom. The molecule has 3 rings (SSSR count). The Bertz CT molecular complexity index is 706. The van der Waals surface area contributed by atoms with Crippen molar-refractivity contribution in [2.45, 2.75) is 0 Å². The molecule has 0 N–H and O–H groups in total. The molecule has 102 valence electrons. The Morgan fingerprint density at radius 1 is 0.619 bits per heavy atom. The van der Waals surface area contributed by atoms with Crippen LogP contribution in [0.15, 0.2) is 96.0 Å². The standard InChI is InChI=1S/C19H15NO/c1-4-10-16(11-5-1)19(20-17-12-6-2-7-13-17)21-18-14-8-3-9-15-18/h1-15H. The van der Waals surface area contributed by atoms with Crippen molar-refractivity contribution in [3.05, 3.63) is 96.6 Å². The van der Waals surface area contributed by atoms with E-state index in [1.807, 2.05) is 91.0 Å². The minimum absolute atomic E-state index is 0.591. The lowest BCUT2D eigenvalue weighted by atomic mass is 10.2. The van der Waals surface area contributed by atoms with Gasteiger partial charge in [0.05, 0.1) is 5.69 Å². The molecule has 2 heteroatoms. The summed E-state index contributed by atoms with van der Waals surface area (Å²) in [4.78, 5) is 4.62. The Kier molecular flexibility index (Phi) is 4.08. The van der Waals surface area contributed by atoms with E-state index in [1.54, 1.807) is 0 Å². The first-order valence-electron chi connectivity index (χ1n) is 6.84. The fraction of sp³-hybridized carbons (Fsp3) is 0. The van der Waals surface area contributed by atoms with E-state index in [0.717, 1.165) is 17.0 Å². The summed E-state index contributed by atoms with van der Waals surface area (Å²) in [6, 6.07) is 29.4. The second-order valence-corrected chi connectivity index (χ2v) is 4.53. The number of rotatable bonds is 3. The van der Waals surface area contributed by atoms with E-state index in [4.69, 9.17) is 4.74 Å². The summed E-state index contributed by atoms with van der Waals surface area (Å²) in [6.07, 6.45) is 0. The van der Waals surface area contributed by atoms with Gasteiger partial charge in [-0.25, -0.2) is 4.99 Å². The molecule has 0 aromatic heterocycles. The van der Waals surface area contributed by atoms with Gasteiger partial charge in [-0.2, -0.15) is 0 Å². The Morgan fingerprint density at radius 3 is 1.76 bits per heavy atom. The predicted octanol–water partition coefficient (Wildman–Crippen LogP) is 4.84. The number of ether oxygens (including phenoxy) is 1. The topological polar surface area (TPSA) is 21.6 Å². The van der Waals surface area contributed by atoms with E-state index >= 15 is 0 Å². The van der Waals surface area contributed by atoms with Gasteiger partial charge in [0.15, 0.2) is 0 Å². The van der Waals surface area contributed by atoms with Crippen molar-refractivity contribution in [2.24, 2.45) is 4.99 Å². The quantitative estimate of drug-likeness (QED) is 0.494. The Hall–Kier alpha value is -2.87. The fourth-order valence-corrected chi connectivity index (χ4v) is 1.95. The molecule has 0 aliphatic carbocycles. The average Bonchev–Trinajstić information content (AvgIpc) is 2.57. The summed E-state index contributed by atoms with van der Waals surface area (Å²) in [6.45, 7) is 0. The summed E-state index contributed by atoms with van der Waals surface area (Å²) in [5.74, 6) is 1.36. The van der Waals surface area contributed by atoms with Gasteiger partial charge < -0.3 is 4.74 Å². The van der Waals surface area contributed by atoms with E-state index in [2.05, 4.69) is 4.99 Å². The van der Waals surface area contributed by atoms with E-state index in [1.165, 1.54) is 0 Å². The van der Waals surface area contributed by atoms with Crippen LogP contribution >= 0.6 is 0 Å². The second kappa shape index (κ2) is 6.53. The molecule has 3 aromatic carbocycles. The van der Waals surface area contributed by atoms with Gasteiger partial charge in [0.2, 0.25) is 5.90 Å². The van der Waals surface area contributed by atoms with Gasteiger partial charge in [-0.1, -0.05) is 54.6 Å². The molecule has 0 aliphatic heterocycles. The van der Waals surface area contributed by atoms with Crippen LogP contribution < -0.4 is 4.74 Å². The lowest BCUT2D eigenvalue weighted by Gasteiger charge is -2.09. The Labute approximate surface area is 124 Å². The summed E-state index contributed by atoms with van der Waals surface area (Å²) in [5, 5.41) is 0. The van der Waals surface area contributed by atoms with Gasteiger partial charge >= 0.3 is 0 Å². The molecule has 2 nitrogen and oxygen atoms in total. The normalized spacial score (nSPS) is 11.1. The zero-order chi connectivity index (χ0) is 14.3. The fourth-order valence-electron chi connectivity index (χ4n) is 1.95. The minimum Gasteiger partial charge on any atom is -0.438 e. The van der Waals surface area contributed by atoms with Gasteiger partial charge in [-0.3, -0.25) is 0 Å². The molecule has 0 saturated carbocycles. The maximum atomic E-state index is 5.95. The summed E-state index contributed by atoms with van der Waals surface area (Å²) >= 11 is 0. The van der Waals surface area contributed by atoms with Crippen molar-refractivity contribution in [3.63, 3.8) is 0 Å². The van der Waals surface area contributed by atoms with Crippen LogP contribution in [0, 0.1) is 0 Å². The first-order chi connectivity index (χ1) is 10.4. The number of aliphatic imine (C=N–C) groups is 1. The molecule has 0 radical (unpaired) electrons. The zero-order valence-corrected chi connectivity index (χ0v) is 11.5. The number of benzene rings is 3. The molecule has 0 unspecified atom stereocenters. The van der Waals surface area contributed by atoms with Crippen molar-refractivity contribution in [2.75, 3.05) is 0 Å². The predicted molar refractivity (Wildman–Crippen MR) is 86.2 cm³/mol. The third-order valence-corrected chi connectivity index (χ3v) is 2.97. The summed E-state index contributed by atoms with van der Waals surface area (Å²) in [5.41, 5.74) is 1.82. The van der Waals surface area contributed by atoms with Crippen LogP contribution in [0.1, 0.15) is 5.56 Å². The number of nitrogens with zero attached hydrogens (tertiary/aromatic N) is 1. The first kappa shape index (κ1) is 13.1. The highest BCUT2D eigenvalue weighted by Crippen LogP contribution is 2.17. The molecule has 21 heavy (non-hydrogen) atoms. The maximum absolute atomic E-state index is 5.95. The highest BCUT2D eigenvalue weighted by Gasteiger charge is 2.06. The van der Waals surface area contributed by atoms with Crippen LogP contribution in [-0.2, 0) is 0 Å². The van der Waals surface area contributed by atoms with E-state index in [0.29, 0.717) is 5.90 Å². The van der Waals surface area contributed by atoms with Gasteiger partial charge in [0.25, 0.3) is 0 Å². The van der Waals surface area contributed by atoms with E-state index < -0.39 is 0 Å². The molecular weight excluding hydrogens is 258 g/mol. The van der Waals surface area contributed by atoms with Gasteiger partial charge in [0.1, 0.15) is 5.75 Å². The molecule has 0 spiro atoms. The van der Waals surface area contributed by atoms with Crippen molar-refractivity contribution in [1.82, 2.24) is 0 Å². The van der Waals surface area contributed by atoms with E-state index in [9.17, 15) is 0 Å².